The van der Waals surface area contributed by atoms with Gasteiger partial charge in [-0.05, 0) is 18.8 Å². The summed E-state index contributed by atoms with van der Waals surface area (Å²) >= 11 is 0. The fourth-order valence-corrected chi connectivity index (χ4v) is 1.96. The minimum Gasteiger partial charge on any atom is -0.367 e. The van der Waals surface area contributed by atoms with Crippen molar-refractivity contribution in [2.24, 2.45) is 5.92 Å². The molecule has 0 N–H and O–H groups in total. The maximum Gasteiger partial charge on any atom is 0.251 e. The van der Waals surface area contributed by atoms with E-state index in [2.05, 4.69) is 11.9 Å². The van der Waals surface area contributed by atoms with Gasteiger partial charge >= 0.3 is 0 Å². The molecular formula is C11H13BF3N2. The average molecular weight is 241 g/mol. The molecule has 0 aliphatic carbocycles. The Balaban J connectivity index is 0.00000144. The zero-order valence-electron chi connectivity index (χ0n) is 9.59. The SMILES string of the molecule is CC1CCN(c2c(F)cnc(F)c2F)CC1.[B]. The van der Waals surface area contributed by atoms with Crippen LogP contribution in [0.2, 0.25) is 0 Å². The van der Waals surface area contributed by atoms with Gasteiger partial charge in [0.1, 0.15) is 5.69 Å². The Hall–Kier alpha value is -1.20. The first kappa shape index (κ1) is 13.9. The van der Waals surface area contributed by atoms with Crippen molar-refractivity contribution < 1.29 is 13.2 Å². The van der Waals surface area contributed by atoms with Crippen molar-refractivity contribution in [3.05, 3.63) is 23.8 Å². The van der Waals surface area contributed by atoms with Crippen molar-refractivity contribution in [1.82, 2.24) is 4.98 Å². The smallest absolute Gasteiger partial charge is 0.251 e. The summed E-state index contributed by atoms with van der Waals surface area (Å²) in [5.41, 5.74) is -0.278. The number of hydrogen-bond acceptors (Lipinski definition) is 2. The molecule has 6 heteroatoms. The summed E-state index contributed by atoms with van der Waals surface area (Å²) in [6.45, 7) is 3.20. The normalized spacial score (nSPS) is 16.8. The first-order valence-corrected chi connectivity index (χ1v) is 5.34. The third-order valence-electron chi connectivity index (χ3n) is 3.01. The molecule has 91 valence electrons. The maximum atomic E-state index is 13.4. The van der Waals surface area contributed by atoms with Crippen molar-refractivity contribution in [1.29, 1.82) is 0 Å². The van der Waals surface area contributed by atoms with Crippen LogP contribution in [0.4, 0.5) is 18.9 Å². The van der Waals surface area contributed by atoms with Gasteiger partial charge in [0.2, 0.25) is 5.82 Å². The molecule has 0 spiro atoms. The first-order valence-electron chi connectivity index (χ1n) is 5.34. The van der Waals surface area contributed by atoms with E-state index < -0.39 is 17.6 Å². The molecule has 1 fully saturated rings. The Morgan fingerprint density at radius 1 is 1.24 bits per heavy atom. The van der Waals surface area contributed by atoms with Gasteiger partial charge in [-0.25, -0.2) is 9.37 Å². The van der Waals surface area contributed by atoms with Gasteiger partial charge in [0.05, 0.1) is 6.20 Å². The lowest BCUT2D eigenvalue weighted by Crippen LogP contribution is -2.34. The Morgan fingerprint density at radius 3 is 2.41 bits per heavy atom. The second-order valence-corrected chi connectivity index (χ2v) is 4.23. The predicted octanol–water partition coefficient (Wildman–Crippen LogP) is 2.35. The van der Waals surface area contributed by atoms with E-state index in [1.165, 1.54) is 0 Å². The van der Waals surface area contributed by atoms with Gasteiger partial charge in [-0.1, -0.05) is 6.92 Å². The molecule has 1 aromatic heterocycles. The van der Waals surface area contributed by atoms with E-state index in [9.17, 15) is 13.2 Å². The second kappa shape index (κ2) is 5.43. The van der Waals surface area contributed by atoms with E-state index in [0.29, 0.717) is 19.0 Å². The molecule has 2 rings (SSSR count). The van der Waals surface area contributed by atoms with Gasteiger partial charge in [0.25, 0.3) is 5.95 Å². The minimum atomic E-state index is -1.24. The zero-order chi connectivity index (χ0) is 11.7. The molecule has 0 atom stereocenters. The molecule has 0 aromatic carbocycles. The standard InChI is InChI=1S/C11H13F3N2.B/c1-7-2-4-16(5-3-7)10-8(12)6-15-11(14)9(10)13;/h6-7H,2-5H2,1H3;. The molecule has 1 aliphatic rings. The van der Waals surface area contributed by atoms with Crippen molar-refractivity contribution in [3.8, 4) is 0 Å². The van der Waals surface area contributed by atoms with Gasteiger partial charge in [-0.15, -0.1) is 0 Å². The van der Waals surface area contributed by atoms with Crippen molar-refractivity contribution in [2.45, 2.75) is 19.8 Å². The summed E-state index contributed by atoms with van der Waals surface area (Å²) in [7, 11) is 0. The predicted molar refractivity (Wildman–Crippen MR) is 60.5 cm³/mol. The van der Waals surface area contributed by atoms with E-state index in [4.69, 9.17) is 0 Å². The molecule has 1 aromatic rings. The Morgan fingerprint density at radius 2 is 1.82 bits per heavy atom. The van der Waals surface area contributed by atoms with Crippen LogP contribution < -0.4 is 4.90 Å². The lowest BCUT2D eigenvalue weighted by Gasteiger charge is -2.32. The molecule has 0 amide bonds. The lowest BCUT2D eigenvalue weighted by molar-refractivity contribution is 0.418. The monoisotopic (exact) mass is 241 g/mol. The fraction of sp³-hybridized carbons (Fsp3) is 0.545. The molecule has 1 aliphatic heterocycles. The number of anilines is 1. The number of aromatic nitrogens is 1. The van der Waals surface area contributed by atoms with Crippen molar-refractivity contribution >= 4 is 14.1 Å². The zero-order valence-corrected chi connectivity index (χ0v) is 9.59. The summed E-state index contributed by atoms with van der Waals surface area (Å²) in [4.78, 5) is 4.56. The lowest BCUT2D eigenvalue weighted by atomic mass is 9.99. The van der Waals surface area contributed by atoms with Gasteiger partial charge in [0.15, 0.2) is 5.82 Å². The number of hydrogen-bond donors (Lipinski definition) is 0. The number of rotatable bonds is 1. The summed E-state index contributed by atoms with van der Waals surface area (Å²) < 4.78 is 39.7. The van der Waals surface area contributed by atoms with Crippen LogP contribution in [-0.4, -0.2) is 26.5 Å². The summed E-state index contributed by atoms with van der Waals surface area (Å²) in [5.74, 6) is -2.67. The fourth-order valence-electron chi connectivity index (χ4n) is 1.96. The Bertz CT molecular complexity index is 393. The van der Waals surface area contributed by atoms with E-state index >= 15 is 0 Å². The molecule has 0 saturated carbocycles. The molecule has 0 unspecified atom stereocenters. The highest BCUT2D eigenvalue weighted by molar-refractivity contribution is 5.75. The number of pyridine rings is 1. The molecule has 0 bridgehead atoms. The van der Waals surface area contributed by atoms with Gasteiger partial charge in [0, 0.05) is 21.5 Å². The van der Waals surface area contributed by atoms with Crippen LogP contribution >= 0.6 is 0 Å². The summed E-state index contributed by atoms with van der Waals surface area (Å²) in [6, 6.07) is 0. The molecule has 17 heavy (non-hydrogen) atoms. The number of piperidine rings is 1. The van der Waals surface area contributed by atoms with Crippen LogP contribution in [0.5, 0.6) is 0 Å². The van der Waals surface area contributed by atoms with Gasteiger partial charge in [-0.2, -0.15) is 8.78 Å². The summed E-state index contributed by atoms with van der Waals surface area (Å²) in [5, 5.41) is 0. The maximum absolute atomic E-state index is 13.4. The third kappa shape index (κ3) is 2.73. The highest BCUT2D eigenvalue weighted by atomic mass is 19.2. The largest absolute Gasteiger partial charge is 0.367 e. The van der Waals surface area contributed by atoms with E-state index in [0.717, 1.165) is 19.0 Å². The minimum absolute atomic E-state index is 0. The van der Waals surface area contributed by atoms with Gasteiger partial charge in [-0.3, -0.25) is 0 Å². The van der Waals surface area contributed by atoms with E-state index in [1.807, 2.05) is 0 Å². The molecule has 1 saturated heterocycles. The third-order valence-corrected chi connectivity index (χ3v) is 3.01. The molecule has 2 heterocycles. The highest BCUT2D eigenvalue weighted by Gasteiger charge is 2.24. The molecule has 3 radical (unpaired) electrons. The Kier molecular flexibility index (Phi) is 4.43. The Labute approximate surface area is 100 Å². The van der Waals surface area contributed by atoms with Crippen LogP contribution in [0.25, 0.3) is 0 Å². The number of nitrogens with zero attached hydrogens (tertiary/aromatic N) is 2. The first-order chi connectivity index (χ1) is 7.59. The van der Waals surface area contributed by atoms with Crippen molar-refractivity contribution in [2.75, 3.05) is 18.0 Å². The van der Waals surface area contributed by atoms with Crippen LogP contribution in [0, 0.1) is 23.5 Å². The summed E-state index contributed by atoms with van der Waals surface area (Å²) in [6.07, 6.45) is 2.46. The van der Waals surface area contributed by atoms with Gasteiger partial charge < -0.3 is 4.90 Å². The van der Waals surface area contributed by atoms with E-state index in [1.54, 1.807) is 4.90 Å². The van der Waals surface area contributed by atoms with Crippen molar-refractivity contribution in [3.63, 3.8) is 0 Å². The quantitative estimate of drug-likeness (QED) is 0.554. The van der Waals surface area contributed by atoms with Crippen LogP contribution in [0.15, 0.2) is 6.20 Å². The molecule has 2 nitrogen and oxygen atoms in total. The second-order valence-electron chi connectivity index (χ2n) is 4.23. The number of halogens is 3. The van der Waals surface area contributed by atoms with E-state index in [-0.39, 0.29) is 14.1 Å². The van der Waals surface area contributed by atoms with Crippen LogP contribution in [0.1, 0.15) is 19.8 Å². The average Bonchev–Trinajstić information content (AvgIpc) is 2.27. The highest BCUT2D eigenvalue weighted by Crippen LogP contribution is 2.28. The van der Waals surface area contributed by atoms with Crippen LogP contribution in [0.3, 0.4) is 0 Å². The molecular weight excluding hydrogens is 228 g/mol. The topological polar surface area (TPSA) is 16.1 Å². The van der Waals surface area contributed by atoms with Crippen LogP contribution in [-0.2, 0) is 0 Å².